The van der Waals surface area contributed by atoms with Crippen molar-refractivity contribution < 1.29 is 13.2 Å². The van der Waals surface area contributed by atoms with E-state index in [4.69, 9.17) is 0 Å². The molecule has 0 saturated heterocycles. The van der Waals surface area contributed by atoms with Crippen LogP contribution < -0.4 is 9.62 Å². The molecule has 154 valence electrons. The second kappa shape index (κ2) is 7.61. The summed E-state index contributed by atoms with van der Waals surface area (Å²) in [6.45, 7) is 5.81. The molecule has 6 heteroatoms. The number of para-hydroxylation sites is 1. The molecule has 1 aliphatic rings. The van der Waals surface area contributed by atoms with Gasteiger partial charge in [0, 0.05) is 17.3 Å². The van der Waals surface area contributed by atoms with E-state index in [2.05, 4.69) is 5.32 Å². The Bertz CT molecular complexity index is 1230. The van der Waals surface area contributed by atoms with E-state index in [0.717, 1.165) is 16.7 Å². The van der Waals surface area contributed by atoms with Crippen molar-refractivity contribution in [2.45, 2.75) is 38.1 Å². The number of hydrogen-bond acceptors (Lipinski definition) is 3. The number of benzene rings is 3. The van der Waals surface area contributed by atoms with Crippen LogP contribution >= 0.6 is 0 Å². The Morgan fingerprint density at radius 2 is 1.77 bits per heavy atom. The Hall–Kier alpha value is -3.12. The van der Waals surface area contributed by atoms with E-state index in [0.29, 0.717) is 23.4 Å². The number of nitrogens with zero attached hydrogens (tertiary/aromatic N) is 1. The number of nitrogens with one attached hydrogen (secondary N) is 1. The number of carbonyl (C=O) groups is 1. The minimum absolute atomic E-state index is 0.110. The molecule has 3 aromatic carbocycles. The Morgan fingerprint density at radius 3 is 2.53 bits per heavy atom. The smallest absolute Gasteiger partial charge is 0.264 e. The molecule has 0 bridgehead atoms. The summed E-state index contributed by atoms with van der Waals surface area (Å²) >= 11 is 0. The molecule has 0 fully saturated rings. The largest absolute Gasteiger partial charge is 0.322 e. The number of rotatable bonds is 4. The highest BCUT2D eigenvalue weighted by atomic mass is 32.2. The van der Waals surface area contributed by atoms with E-state index in [-0.39, 0.29) is 16.8 Å². The average Bonchev–Trinajstić information content (AvgIpc) is 3.06. The van der Waals surface area contributed by atoms with Crippen molar-refractivity contribution >= 4 is 27.3 Å². The fraction of sp³-hybridized carbons (Fsp3) is 0.208. The van der Waals surface area contributed by atoms with E-state index in [1.165, 1.54) is 16.4 Å². The van der Waals surface area contributed by atoms with Gasteiger partial charge in [-0.1, -0.05) is 42.0 Å². The van der Waals surface area contributed by atoms with Crippen LogP contribution in [0.3, 0.4) is 0 Å². The molecule has 0 spiro atoms. The van der Waals surface area contributed by atoms with Gasteiger partial charge in [0.05, 0.1) is 10.6 Å². The summed E-state index contributed by atoms with van der Waals surface area (Å²) in [5.74, 6) is -0.339. The van der Waals surface area contributed by atoms with Gasteiger partial charge in [0.25, 0.3) is 15.9 Å². The maximum atomic E-state index is 13.4. The molecule has 4 rings (SSSR count). The highest BCUT2D eigenvalue weighted by Gasteiger charge is 2.36. The van der Waals surface area contributed by atoms with Gasteiger partial charge in [-0.2, -0.15) is 0 Å². The summed E-state index contributed by atoms with van der Waals surface area (Å²) in [5.41, 5.74) is 4.79. The van der Waals surface area contributed by atoms with Gasteiger partial charge in [0.15, 0.2) is 0 Å². The molecule has 1 amide bonds. The number of amides is 1. The van der Waals surface area contributed by atoms with Gasteiger partial charge < -0.3 is 5.32 Å². The second-order valence-electron chi connectivity index (χ2n) is 7.78. The minimum atomic E-state index is -3.79. The van der Waals surface area contributed by atoms with Gasteiger partial charge in [-0.05, 0) is 68.7 Å². The summed E-state index contributed by atoms with van der Waals surface area (Å²) < 4.78 is 28.3. The molecule has 0 aliphatic carbocycles. The third-order valence-corrected chi connectivity index (χ3v) is 7.35. The van der Waals surface area contributed by atoms with Crippen molar-refractivity contribution in [3.05, 3.63) is 89.0 Å². The Labute approximate surface area is 177 Å². The summed E-state index contributed by atoms with van der Waals surface area (Å²) in [6.07, 6.45) is 0.669. The quantitative estimate of drug-likeness (QED) is 0.666. The molecule has 0 radical (unpaired) electrons. The SMILES string of the molecule is Cc1ccc(NC(=O)c2cccc(S(=O)(=O)N3c4ccccc4C[C@@H]3C)c2)c(C)c1. The average molecular weight is 421 g/mol. The second-order valence-corrected chi connectivity index (χ2v) is 9.60. The Morgan fingerprint density at radius 1 is 1.00 bits per heavy atom. The highest BCUT2D eigenvalue weighted by Crippen LogP contribution is 2.36. The Balaban J connectivity index is 1.65. The molecular weight excluding hydrogens is 396 g/mol. The first-order chi connectivity index (χ1) is 14.3. The standard InChI is InChI=1S/C24H24N2O3S/c1-16-11-12-22(17(2)13-16)25-24(27)20-8-6-9-21(15-20)30(28,29)26-18(3)14-19-7-4-5-10-23(19)26/h4-13,15,18H,14H2,1-3H3,(H,25,27)/t18-/m0/s1. The van der Waals surface area contributed by atoms with Crippen LogP contribution in [-0.4, -0.2) is 20.4 Å². The third kappa shape index (κ3) is 3.59. The Kier molecular flexibility index (Phi) is 5.12. The van der Waals surface area contributed by atoms with Crippen LogP contribution in [0.4, 0.5) is 11.4 Å². The number of carbonyl (C=O) groups excluding carboxylic acids is 1. The molecule has 0 aromatic heterocycles. The van der Waals surface area contributed by atoms with Crippen LogP contribution in [0.25, 0.3) is 0 Å². The van der Waals surface area contributed by atoms with Gasteiger partial charge in [-0.3, -0.25) is 9.10 Å². The number of sulfonamides is 1. The van der Waals surface area contributed by atoms with E-state index in [1.807, 2.05) is 63.2 Å². The van der Waals surface area contributed by atoms with Crippen LogP contribution in [0.5, 0.6) is 0 Å². The molecule has 1 atom stereocenters. The van der Waals surface area contributed by atoms with Crippen molar-refractivity contribution in [3.8, 4) is 0 Å². The normalized spacial score (nSPS) is 15.7. The number of fused-ring (bicyclic) bond motifs is 1. The molecule has 0 saturated carbocycles. The van der Waals surface area contributed by atoms with E-state index >= 15 is 0 Å². The minimum Gasteiger partial charge on any atom is -0.322 e. The molecular formula is C24H24N2O3S. The lowest BCUT2D eigenvalue weighted by Gasteiger charge is -2.24. The highest BCUT2D eigenvalue weighted by molar-refractivity contribution is 7.92. The van der Waals surface area contributed by atoms with Crippen molar-refractivity contribution in [1.82, 2.24) is 0 Å². The summed E-state index contributed by atoms with van der Waals surface area (Å²) in [4.78, 5) is 12.9. The first-order valence-electron chi connectivity index (χ1n) is 9.88. The zero-order valence-corrected chi connectivity index (χ0v) is 18.0. The van der Waals surface area contributed by atoms with E-state index in [1.54, 1.807) is 12.1 Å². The summed E-state index contributed by atoms with van der Waals surface area (Å²) in [6, 6.07) is 19.3. The van der Waals surface area contributed by atoms with Crippen molar-refractivity contribution in [1.29, 1.82) is 0 Å². The lowest BCUT2D eigenvalue weighted by Crippen LogP contribution is -2.35. The van der Waals surface area contributed by atoms with Gasteiger partial charge in [-0.25, -0.2) is 8.42 Å². The van der Waals surface area contributed by atoms with Gasteiger partial charge in [-0.15, -0.1) is 0 Å². The zero-order valence-electron chi connectivity index (χ0n) is 17.2. The molecule has 1 N–H and O–H groups in total. The van der Waals surface area contributed by atoms with E-state index in [9.17, 15) is 13.2 Å². The van der Waals surface area contributed by atoms with Crippen LogP contribution in [0.2, 0.25) is 0 Å². The lowest BCUT2D eigenvalue weighted by atomic mass is 10.1. The summed E-state index contributed by atoms with van der Waals surface area (Å²) in [5, 5.41) is 2.88. The third-order valence-electron chi connectivity index (χ3n) is 5.43. The number of anilines is 2. The molecule has 1 heterocycles. The zero-order chi connectivity index (χ0) is 21.5. The predicted molar refractivity (Wildman–Crippen MR) is 120 cm³/mol. The van der Waals surface area contributed by atoms with Crippen LogP contribution in [0, 0.1) is 13.8 Å². The topological polar surface area (TPSA) is 66.5 Å². The maximum Gasteiger partial charge on any atom is 0.264 e. The fourth-order valence-corrected chi connectivity index (χ4v) is 5.70. The van der Waals surface area contributed by atoms with Crippen molar-refractivity contribution in [3.63, 3.8) is 0 Å². The van der Waals surface area contributed by atoms with Crippen LogP contribution in [-0.2, 0) is 16.4 Å². The summed E-state index contributed by atoms with van der Waals surface area (Å²) in [7, 11) is -3.79. The monoisotopic (exact) mass is 420 g/mol. The first kappa shape index (κ1) is 20.2. The molecule has 3 aromatic rings. The van der Waals surface area contributed by atoms with Gasteiger partial charge in [0.1, 0.15) is 0 Å². The number of hydrogen-bond donors (Lipinski definition) is 1. The number of aryl methyl sites for hydroxylation is 2. The first-order valence-corrected chi connectivity index (χ1v) is 11.3. The molecule has 5 nitrogen and oxygen atoms in total. The van der Waals surface area contributed by atoms with Gasteiger partial charge >= 0.3 is 0 Å². The van der Waals surface area contributed by atoms with Crippen LogP contribution in [0.1, 0.15) is 34.0 Å². The van der Waals surface area contributed by atoms with Crippen LogP contribution in [0.15, 0.2) is 71.6 Å². The molecule has 30 heavy (non-hydrogen) atoms. The lowest BCUT2D eigenvalue weighted by molar-refractivity contribution is 0.102. The molecule has 0 unspecified atom stereocenters. The van der Waals surface area contributed by atoms with Gasteiger partial charge in [0.2, 0.25) is 0 Å². The van der Waals surface area contributed by atoms with Crippen molar-refractivity contribution in [2.24, 2.45) is 0 Å². The molecule has 1 aliphatic heterocycles. The maximum absolute atomic E-state index is 13.4. The van der Waals surface area contributed by atoms with Crippen molar-refractivity contribution in [2.75, 3.05) is 9.62 Å². The fourth-order valence-electron chi connectivity index (χ4n) is 3.96. The van der Waals surface area contributed by atoms with E-state index < -0.39 is 10.0 Å². The predicted octanol–water partition coefficient (Wildman–Crippen LogP) is 4.70.